The molecule has 3 amide bonds. The molecule has 0 radical (unpaired) electrons. The highest BCUT2D eigenvalue weighted by Crippen LogP contribution is 2.39. The zero-order valence-electron chi connectivity index (χ0n) is 33.5. The first-order valence-electron chi connectivity index (χ1n) is 20.4. The van der Waals surface area contributed by atoms with Gasteiger partial charge in [-0.3, -0.25) is 29.5 Å². The molecule has 0 saturated carbocycles. The number of nitro benzene ring substituents is 1. The number of piperazine rings is 1. The number of aliphatic hydroxyl groups excluding tert-OH is 1. The summed E-state index contributed by atoms with van der Waals surface area (Å²) in [5, 5.41) is 23.3. The molecular formula is C47H47N5O9. The Morgan fingerprint density at radius 2 is 1.49 bits per heavy atom. The van der Waals surface area contributed by atoms with Crippen LogP contribution in [0.5, 0.6) is 0 Å². The molecule has 5 aromatic rings. The standard InChI is InChI=1S/C47H47N5O9/c53-30-32-12-14-35(15-13-32)43-26-41(29-49-20-22-50(23-21-49)39-16-18-40(19-17-39)52(57)58)60-46(61-43)38-11-5-10-37(25-38)36-9-4-8-34(24-36)28-51-44(54)27-42(45(51)55)48-47(56)59-31-33-6-2-1-3-7-33/h1-19,24-25,41-43,46,53H,20-23,26-31H2,(H,48,56). The highest BCUT2D eigenvalue weighted by Gasteiger charge is 2.40. The second-order valence-corrected chi connectivity index (χ2v) is 15.5. The van der Waals surface area contributed by atoms with Crippen LogP contribution in [0.3, 0.4) is 0 Å². The number of amides is 3. The van der Waals surface area contributed by atoms with Crippen molar-refractivity contribution in [1.29, 1.82) is 0 Å². The van der Waals surface area contributed by atoms with Crippen LogP contribution in [0.4, 0.5) is 16.2 Å². The number of nitrogens with zero attached hydrogens (tertiary/aromatic N) is 4. The average molecular weight is 826 g/mol. The van der Waals surface area contributed by atoms with Gasteiger partial charge in [0.1, 0.15) is 12.6 Å². The van der Waals surface area contributed by atoms with Gasteiger partial charge in [-0.1, -0.05) is 91.0 Å². The summed E-state index contributed by atoms with van der Waals surface area (Å²) < 4.78 is 18.7. The van der Waals surface area contributed by atoms with E-state index in [9.17, 15) is 29.6 Å². The molecule has 2 N–H and O–H groups in total. The molecule has 3 aliphatic heterocycles. The van der Waals surface area contributed by atoms with E-state index >= 15 is 0 Å². The van der Waals surface area contributed by atoms with Crippen molar-refractivity contribution < 1.29 is 38.6 Å². The molecule has 3 heterocycles. The SMILES string of the molecule is O=C(NC1CC(=O)N(Cc2cccc(-c3cccc(C4OC(CN5CCN(c6ccc([N+](=O)[O-])cc6)CC5)CC(c5ccc(CO)cc5)O4)c3)c2)C1=O)OCc1ccccc1. The number of benzene rings is 5. The first kappa shape index (κ1) is 41.3. The van der Waals surface area contributed by atoms with Crippen LogP contribution in [-0.2, 0) is 43.6 Å². The summed E-state index contributed by atoms with van der Waals surface area (Å²) in [4.78, 5) is 55.3. The van der Waals surface area contributed by atoms with Crippen LogP contribution < -0.4 is 10.2 Å². The molecule has 3 aliphatic rings. The summed E-state index contributed by atoms with van der Waals surface area (Å²) in [5.74, 6) is -0.860. The van der Waals surface area contributed by atoms with E-state index in [-0.39, 0.29) is 54.9 Å². The topological polar surface area (TPSA) is 164 Å². The zero-order chi connectivity index (χ0) is 42.3. The molecule has 0 spiro atoms. The van der Waals surface area contributed by atoms with E-state index in [1.165, 1.54) is 4.90 Å². The molecule has 8 rings (SSSR count). The van der Waals surface area contributed by atoms with Gasteiger partial charge in [0.05, 0.1) is 36.7 Å². The van der Waals surface area contributed by atoms with Gasteiger partial charge in [0.25, 0.3) is 11.6 Å². The number of rotatable bonds is 13. The van der Waals surface area contributed by atoms with Gasteiger partial charge in [0, 0.05) is 62.5 Å². The molecule has 3 saturated heterocycles. The van der Waals surface area contributed by atoms with Crippen LogP contribution in [0.15, 0.2) is 127 Å². The normalized spacial score (nSPS) is 20.7. The van der Waals surface area contributed by atoms with Crippen LogP contribution >= 0.6 is 0 Å². The van der Waals surface area contributed by atoms with E-state index in [1.807, 2.05) is 103 Å². The summed E-state index contributed by atoms with van der Waals surface area (Å²) in [6.45, 7) is 3.91. The number of imide groups is 1. The number of ether oxygens (including phenoxy) is 3. The van der Waals surface area contributed by atoms with E-state index in [0.717, 1.165) is 70.8 Å². The minimum atomic E-state index is -1.00. The zero-order valence-corrected chi connectivity index (χ0v) is 33.5. The number of hydrogen-bond acceptors (Lipinski definition) is 11. The number of alkyl carbamates (subject to hydrolysis) is 1. The van der Waals surface area contributed by atoms with E-state index in [1.54, 1.807) is 24.3 Å². The smallest absolute Gasteiger partial charge is 0.408 e. The highest BCUT2D eigenvalue weighted by molar-refractivity contribution is 6.06. The van der Waals surface area contributed by atoms with Crippen LogP contribution in [0.2, 0.25) is 0 Å². The number of aliphatic hydroxyl groups is 1. The molecular weight excluding hydrogens is 779 g/mol. The lowest BCUT2D eigenvalue weighted by molar-refractivity contribution is -0.384. The summed E-state index contributed by atoms with van der Waals surface area (Å²) in [6.07, 6.45) is -1.36. The molecule has 0 aromatic heterocycles. The fourth-order valence-electron chi connectivity index (χ4n) is 8.06. The van der Waals surface area contributed by atoms with Gasteiger partial charge in [0.2, 0.25) is 5.91 Å². The summed E-state index contributed by atoms with van der Waals surface area (Å²) in [5.41, 5.74) is 7.03. The number of non-ortho nitro benzene ring substituents is 1. The van der Waals surface area contributed by atoms with Crippen molar-refractivity contribution in [2.24, 2.45) is 0 Å². The molecule has 314 valence electrons. The number of anilines is 1. The van der Waals surface area contributed by atoms with Crippen LogP contribution in [0.1, 0.15) is 53.1 Å². The van der Waals surface area contributed by atoms with Crippen LogP contribution in [0.25, 0.3) is 11.1 Å². The molecule has 14 nitrogen and oxygen atoms in total. The van der Waals surface area contributed by atoms with Gasteiger partial charge >= 0.3 is 6.09 Å². The van der Waals surface area contributed by atoms with Gasteiger partial charge in [0.15, 0.2) is 6.29 Å². The summed E-state index contributed by atoms with van der Waals surface area (Å²) in [6, 6.07) is 38.3. The average Bonchev–Trinajstić information content (AvgIpc) is 3.55. The quantitative estimate of drug-likeness (QED) is 0.0740. The molecule has 0 bridgehead atoms. The maximum atomic E-state index is 13.3. The van der Waals surface area contributed by atoms with Crippen molar-refractivity contribution in [3.8, 4) is 11.1 Å². The molecule has 4 atom stereocenters. The first-order chi connectivity index (χ1) is 29.7. The van der Waals surface area contributed by atoms with E-state index in [2.05, 4.69) is 15.1 Å². The minimum Gasteiger partial charge on any atom is -0.445 e. The number of carbonyl (C=O) groups is 3. The summed E-state index contributed by atoms with van der Waals surface area (Å²) in [7, 11) is 0. The van der Waals surface area contributed by atoms with Gasteiger partial charge < -0.3 is 29.5 Å². The lowest BCUT2D eigenvalue weighted by Crippen LogP contribution is -2.49. The van der Waals surface area contributed by atoms with Gasteiger partial charge in [-0.2, -0.15) is 0 Å². The third-order valence-electron chi connectivity index (χ3n) is 11.4. The second-order valence-electron chi connectivity index (χ2n) is 15.5. The largest absolute Gasteiger partial charge is 0.445 e. The molecule has 4 unspecified atom stereocenters. The lowest BCUT2D eigenvalue weighted by Gasteiger charge is -2.41. The van der Waals surface area contributed by atoms with Crippen molar-refractivity contribution in [2.75, 3.05) is 37.6 Å². The summed E-state index contributed by atoms with van der Waals surface area (Å²) >= 11 is 0. The maximum absolute atomic E-state index is 13.3. The molecule has 0 aliphatic carbocycles. The van der Waals surface area contributed by atoms with E-state index in [4.69, 9.17) is 14.2 Å². The number of carbonyl (C=O) groups excluding carboxylic acids is 3. The third-order valence-corrected chi connectivity index (χ3v) is 11.4. The molecule has 5 aromatic carbocycles. The molecule has 61 heavy (non-hydrogen) atoms. The second kappa shape index (κ2) is 18.9. The van der Waals surface area contributed by atoms with Crippen LogP contribution in [-0.4, -0.2) is 82.6 Å². The monoisotopic (exact) mass is 825 g/mol. The highest BCUT2D eigenvalue weighted by atomic mass is 16.7. The molecule has 14 heteroatoms. The van der Waals surface area contributed by atoms with Gasteiger partial charge in [-0.25, -0.2) is 4.79 Å². The minimum absolute atomic E-state index is 0.0470. The number of nitrogens with one attached hydrogen (secondary N) is 1. The Morgan fingerprint density at radius 3 is 2.21 bits per heavy atom. The number of likely N-dealkylation sites (tertiary alicyclic amines) is 1. The Hall–Kier alpha value is -6.45. The third kappa shape index (κ3) is 10.1. The maximum Gasteiger partial charge on any atom is 0.408 e. The fraction of sp³-hybridized carbons (Fsp3) is 0.298. The predicted molar refractivity (Wildman–Crippen MR) is 226 cm³/mol. The van der Waals surface area contributed by atoms with Crippen molar-refractivity contribution in [3.63, 3.8) is 0 Å². The van der Waals surface area contributed by atoms with Crippen molar-refractivity contribution in [3.05, 3.63) is 165 Å². The number of hydrogen-bond donors (Lipinski definition) is 2. The van der Waals surface area contributed by atoms with Gasteiger partial charge in [-0.15, -0.1) is 0 Å². The Labute approximate surface area is 353 Å². The lowest BCUT2D eigenvalue weighted by atomic mass is 9.98. The van der Waals surface area contributed by atoms with Crippen LogP contribution in [0, 0.1) is 10.1 Å². The Morgan fingerprint density at radius 1 is 0.787 bits per heavy atom. The van der Waals surface area contributed by atoms with Crippen molar-refractivity contribution >= 4 is 29.3 Å². The predicted octanol–water partition coefficient (Wildman–Crippen LogP) is 6.68. The van der Waals surface area contributed by atoms with Crippen molar-refractivity contribution in [2.45, 2.75) is 57.1 Å². The van der Waals surface area contributed by atoms with Crippen molar-refractivity contribution in [1.82, 2.24) is 15.1 Å². The number of nitro groups is 1. The van der Waals surface area contributed by atoms with E-state index < -0.39 is 24.3 Å². The molecule has 3 fully saturated rings. The Balaban J connectivity index is 0.929. The fourth-order valence-corrected chi connectivity index (χ4v) is 8.06. The van der Waals surface area contributed by atoms with Gasteiger partial charge in [-0.05, 0) is 57.6 Å². The first-order valence-corrected chi connectivity index (χ1v) is 20.4. The van der Waals surface area contributed by atoms with E-state index in [0.29, 0.717) is 13.0 Å². The Kier molecular flexibility index (Phi) is 12.8. The Bertz CT molecular complexity index is 2340.